The molecule has 0 bridgehead atoms. The second-order valence-corrected chi connectivity index (χ2v) is 2.27. The molecule has 0 atom stereocenters. The Morgan fingerprint density at radius 3 is 2.29 bits per heavy atom. The molecule has 0 radical (unpaired) electrons. The van der Waals surface area contributed by atoms with Crippen LogP contribution in [-0.2, 0) is 9.53 Å². The van der Waals surface area contributed by atoms with Crippen molar-refractivity contribution in [2.45, 2.75) is 13.8 Å². The Labute approximate surface area is 85.2 Å². The minimum Gasteiger partial charge on any atom is -0.466 e. The molecule has 0 aliphatic rings. The highest BCUT2D eigenvalue weighted by Gasteiger charge is 1.89. The molecule has 1 aromatic carbocycles. The van der Waals surface area contributed by atoms with Crippen molar-refractivity contribution in [3.63, 3.8) is 0 Å². The number of carbonyl (C=O) groups excluding carboxylic acids is 1. The van der Waals surface area contributed by atoms with Crippen LogP contribution < -0.4 is 0 Å². The predicted octanol–water partition coefficient (Wildman–Crippen LogP) is 2.90. The van der Waals surface area contributed by atoms with Gasteiger partial charge in [-0.05, 0) is 11.6 Å². The van der Waals surface area contributed by atoms with Crippen molar-refractivity contribution in [3.05, 3.63) is 42.0 Å². The summed E-state index contributed by atoms with van der Waals surface area (Å²) in [5.74, 6) is -0.334. The number of hydrogen-bond acceptors (Lipinski definition) is 2. The smallest absolute Gasteiger partial charge is 0.330 e. The quantitative estimate of drug-likeness (QED) is 0.532. The monoisotopic (exact) mass is 192 g/mol. The molecule has 76 valence electrons. The molecule has 1 rings (SSSR count). The van der Waals surface area contributed by atoms with Crippen LogP contribution in [0.15, 0.2) is 36.4 Å². The van der Waals surface area contributed by atoms with Crippen LogP contribution in [0.1, 0.15) is 19.4 Å². The zero-order chi connectivity index (χ0) is 10.8. The fourth-order valence-electron chi connectivity index (χ4n) is 0.796. The van der Waals surface area contributed by atoms with Crippen molar-refractivity contribution in [1.82, 2.24) is 0 Å². The molecule has 2 heteroatoms. The Balaban J connectivity index is 0.000000791. The second-order valence-electron chi connectivity index (χ2n) is 2.27. The highest BCUT2D eigenvalue weighted by molar-refractivity contribution is 5.86. The normalized spacial score (nSPS) is 9.07. The first-order valence-corrected chi connectivity index (χ1v) is 4.64. The van der Waals surface area contributed by atoms with Gasteiger partial charge in [-0.15, -0.1) is 0 Å². The lowest BCUT2D eigenvalue weighted by Gasteiger charge is -1.91. The molecule has 0 spiro atoms. The number of esters is 1. The van der Waals surface area contributed by atoms with Crippen molar-refractivity contribution in [1.29, 1.82) is 0 Å². The van der Waals surface area contributed by atoms with Gasteiger partial charge in [0, 0.05) is 6.08 Å². The summed E-state index contributed by atoms with van der Waals surface area (Å²) in [7, 11) is 1.36. The largest absolute Gasteiger partial charge is 0.466 e. The fraction of sp³-hybridized carbons (Fsp3) is 0.250. The lowest BCUT2D eigenvalue weighted by Crippen LogP contribution is -1.92. The Kier molecular flexibility index (Phi) is 7.15. The summed E-state index contributed by atoms with van der Waals surface area (Å²) in [5.41, 5.74) is 0.989. The molecule has 0 unspecified atom stereocenters. The molecule has 0 saturated heterocycles. The van der Waals surface area contributed by atoms with Crippen LogP contribution in [0.25, 0.3) is 6.08 Å². The van der Waals surface area contributed by atoms with E-state index in [9.17, 15) is 4.79 Å². The fourth-order valence-corrected chi connectivity index (χ4v) is 0.796. The third-order valence-corrected chi connectivity index (χ3v) is 1.41. The van der Waals surface area contributed by atoms with Crippen molar-refractivity contribution in [2.75, 3.05) is 7.11 Å². The summed E-state index contributed by atoms with van der Waals surface area (Å²) in [4.78, 5) is 10.7. The Morgan fingerprint density at radius 2 is 1.79 bits per heavy atom. The van der Waals surface area contributed by atoms with Crippen LogP contribution in [-0.4, -0.2) is 13.1 Å². The third kappa shape index (κ3) is 5.14. The van der Waals surface area contributed by atoms with Gasteiger partial charge in [-0.1, -0.05) is 44.2 Å². The SMILES string of the molecule is CC.COC(=O)/C=C/c1ccccc1. The summed E-state index contributed by atoms with van der Waals surface area (Å²) >= 11 is 0. The van der Waals surface area contributed by atoms with Crippen LogP contribution in [0, 0.1) is 0 Å². The first-order chi connectivity index (χ1) is 6.83. The van der Waals surface area contributed by atoms with Crippen LogP contribution in [0.3, 0.4) is 0 Å². The molecule has 0 amide bonds. The van der Waals surface area contributed by atoms with Gasteiger partial charge < -0.3 is 4.74 Å². The lowest BCUT2D eigenvalue weighted by molar-refractivity contribution is -0.134. The van der Waals surface area contributed by atoms with E-state index < -0.39 is 0 Å². The molecule has 14 heavy (non-hydrogen) atoms. The van der Waals surface area contributed by atoms with Crippen molar-refractivity contribution < 1.29 is 9.53 Å². The number of benzene rings is 1. The van der Waals surface area contributed by atoms with Gasteiger partial charge in [0.25, 0.3) is 0 Å². The maximum Gasteiger partial charge on any atom is 0.330 e. The van der Waals surface area contributed by atoms with E-state index in [1.165, 1.54) is 13.2 Å². The van der Waals surface area contributed by atoms with Crippen LogP contribution in [0.2, 0.25) is 0 Å². The molecule has 0 aliphatic carbocycles. The van der Waals surface area contributed by atoms with Crippen molar-refractivity contribution in [3.8, 4) is 0 Å². The van der Waals surface area contributed by atoms with E-state index >= 15 is 0 Å². The van der Waals surface area contributed by atoms with Gasteiger partial charge in [0.15, 0.2) is 0 Å². The maximum absolute atomic E-state index is 10.7. The first-order valence-electron chi connectivity index (χ1n) is 4.64. The lowest BCUT2D eigenvalue weighted by atomic mass is 10.2. The van der Waals surface area contributed by atoms with E-state index in [0.717, 1.165) is 5.56 Å². The first kappa shape index (κ1) is 12.4. The average molecular weight is 192 g/mol. The molecular weight excluding hydrogens is 176 g/mol. The third-order valence-electron chi connectivity index (χ3n) is 1.41. The zero-order valence-corrected chi connectivity index (χ0v) is 8.86. The van der Waals surface area contributed by atoms with E-state index in [1.807, 2.05) is 44.2 Å². The Bertz CT molecular complexity index is 276. The highest BCUT2D eigenvalue weighted by Crippen LogP contribution is 2.00. The minimum atomic E-state index is -0.334. The van der Waals surface area contributed by atoms with Crippen LogP contribution in [0.5, 0.6) is 0 Å². The topological polar surface area (TPSA) is 26.3 Å². The number of hydrogen-bond donors (Lipinski definition) is 0. The van der Waals surface area contributed by atoms with Gasteiger partial charge in [-0.3, -0.25) is 0 Å². The number of rotatable bonds is 2. The Hall–Kier alpha value is -1.57. The summed E-state index contributed by atoms with van der Waals surface area (Å²) in [6.45, 7) is 4.00. The molecule has 2 nitrogen and oxygen atoms in total. The van der Waals surface area contributed by atoms with E-state index in [1.54, 1.807) is 6.08 Å². The molecule has 0 heterocycles. The average Bonchev–Trinajstić information content (AvgIpc) is 2.30. The maximum atomic E-state index is 10.7. The van der Waals surface area contributed by atoms with Crippen LogP contribution in [0.4, 0.5) is 0 Å². The summed E-state index contributed by atoms with van der Waals surface area (Å²) in [6.07, 6.45) is 3.11. The van der Waals surface area contributed by atoms with Gasteiger partial charge in [-0.2, -0.15) is 0 Å². The summed E-state index contributed by atoms with van der Waals surface area (Å²) in [6, 6.07) is 9.59. The van der Waals surface area contributed by atoms with Crippen molar-refractivity contribution >= 4 is 12.0 Å². The second kappa shape index (κ2) is 8.05. The van der Waals surface area contributed by atoms with Gasteiger partial charge in [0.05, 0.1) is 7.11 Å². The number of carbonyl (C=O) groups is 1. The van der Waals surface area contributed by atoms with Gasteiger partial charge in [0.1, 0.15) is 0 Å². The minimum absolute atomic E-state index is 0.334. The standard InChI is InChI=1S/C10H10O2.C2H6/c1-12-10(11)8-7-9-5-3-2-4-6-9;1-2/h2-8H,1H3;1-2H3/b8-7+;. The van der Waals surface area contributed by atoms with Crippen LogP contribution >= 0.6 is 0 Å². The molecule has 0 N–H and O–H groups in total. The predicted molar refractivity (Wildman–Crippen MR) is 58.8 cm³/mol. The summed E-state index contributed by atoms with van der Waals surface area (Å²) in [5, 5.41) is 0. The zero-order valence-electron chi connectivity index (χ0n) is 8.86. The number of methoxy groups -OCH3 is 1. The van der Waals surface area contributed by atoms with E-state index in [-0.39, 0.29) is 5.97 Å². The molecule has 0 fully saturated rings. The molecular formula is C12H16O2. The van der Waals surface area contributed by atoms with E-state index in [2.05, 4.69) is 4.74 Å². The molecule has 0 aromatic heterocycles. The Morgan fingerprint density at radius 1 is 1.21 bits per heavy atom. The van der Waals surface area contributed by atoms with E-state index in [0.29, 0.717) is 0 Å². The summed E-state index contributed by atoms with van der Waals surface area (Å²) < 4.78 is 4.45. The molecule has 0 aliphatic heterocycles. The highest BCUT2D eigenvalue weighted by atomic mass is 16.5. The van der Waals surface area contributed by atoms with Gasteiger partial charge in [-0.25, -0.2) is 4.79 Å². The number of ether oxygens (including phenoxy) is 1. The molecule has 1 aromatic rings. The van der Waals surface area contributed by atoms with Gasteiger partial charge in [0.2, 0.25) is 0 Å². The van der Waals surface area contributed by atoms with E-state index in [4.69, 9.17) is 0 Å². The molecule has 0 saturated carbocycles. The van der Waals surface area contributed by atoms with Gasteiger partial charge >= 0.3 is 5.97 Å². The van der Waals surface area contributed by atoms with Crippen molar-refractivity contribution in [2.24, 2.45) is 0 Å².